The largest absolute Gasteiger partial charge is 0.508 e. The molecule has 0 aliphatic carbocycles. The number of aromatic hydroxyl groups is 2. The van der Waals surface area contributed by atoms with E-state index in [4.69, 9.17) is 9.47 Å². The van der Waals surface area contributed by atoms with Gasteiger partial charge in [0.05, 0.1) is 0 Å². The summed E-state index contributed by atoms with van der Waals surface area (Å²) in [6.07, 6.45) is 3.70. The molecule has 0 radical (unpaired) electrons. The van der Waals surface area contributed by atoms with Gasteiger partial charge in [0.15, 0.2) is 0 Å². The molecule has 5 rings (SSSR count). The number of phenols is 2. The number of hydrogen-bond acceptors (Lipinski definition) is 5. The third kappa shape index (κ3) is 4.80. The molecular formula is C29H29NO4. The van der Waals surface area contributed by atoms with Gasteiger partial charge in [-0.3, -0.25) is 0 Å². The van der Waals surface area contributed by atoms with Crippen molar-refractivity contribution < 1.29 is 19.7 Å². The average molecular weight is 456 g/mol. The Labute approximate surface area is 199 Å². The Morgan fingerprint density at radius 3 is 2.41 bits per heavy atom. The number of benzene rings is 4. The molecule has 0 spiro atoms. The van der Waals surface area contributed by atoms with Gasteiger partial charge in [-0.05, 0) is 97.9 Å². The summed E-state index contributed by atoms with van der Waals surface area (Å²) < 4.78 is 12.6. The van der Waals surface area contributed by atoms with Crippen LogP contribution in [0.15, 0.2) is 78.9 Å². The molecule has 0 amide bonds. The first-order valence-electron chi connectivity index (χ1n) is 11.8. The molecule has 0 saturated carbocycles. The molecule has 1 heterocycles. The third-order valence-corrected chi connectivity index (χ3v) is 6.39. The van der Waals surface area contributed by atoms with Crippen molar-refractivity contribution in [3.05, 3.63) is 78.9 Å². The van der Waals surface area contributed by atoms with Crippen LogP contribution in [-0.4, -0.2) is 28.9 Å². The van der Waals surface area contributed by atoms with Gasteiger partial charge in [0, 0.05) is 17.0 Å². The summed E-state index contributed by atoms with van der Waals surface area (Å²) in [6, 6.07) is 24.3. The molecule has 5 nitrogen and oxygen atoms in total. The van der Waals surface area contributed by atoms with E-state index in [2.05, 4.69) is 12.2 Å². The molecule has 1 saturated heterocycles. The smallest absolute Gasteiger partial charge is 0.143 e. The predicted molar refractivity (Wildman–Crippen MR) is 135 cm³/mol. The van der Waals surface area contributed by atoms with E-state index in [1.54, 1.807) is 24.3 Å². The first-order chi connectivity index (χ1) is 16.6. The van der Waals surface area contributed by atoms with Crippen molar-refractivity contribution in [1.82, 2.24) is 5.32 Å². The summed E-state index contributed by atoms with van der Waals surface area (Å²) in [5, 5.41) is 25.2. The Balaban J connectivity index is 1.44. The number of piperidine rings is 1. The summed E-state index contributed by atoms with van der Waals surface area (Å²) >= 11 is 0. The third-order valence-electron chi connectivity index (χ3n) is 6.39. The van der Waals surface area contributed by atoms with E-state index in [0.717, 1.165) is 40.6 Å². The molecule has 4 aromatic carbocycles. The maximum Gasteiger partial charge on any atom is 0.143 e. The Morgan fingerprint density at radius 2 is 1.65 bits per heavy atom. The van der Waals surface area contributed by atoms with E-state index >= 15 is 0 Å². The zero-order valence-electron chi connectivity index (χ0n) is 19.2. The molecule has 0 aromatic heterocycles. The standard InChI is InChI=1S/C29H29NO4/c1-19(28-7-2-3-16-30-28)33-24-10-12-25(13-11-24)34-29-26(20-5-4-6-22(31)17-20)14-8-21-18-23(32)9-15-27(21)29/h4-6,8-15,17-19,28,30-32H,2-3,7,16H2,1H3. The van der Waals surface area contributed by atoms with Crippen LogP contribution in [0, 0.1) is 0 Å². The Kier molecular flexibility index (Phi) is 6.28. The normalized spacial score (nSPS) is 16.8. The molecule has 34 heavy (non-hydrogen) atoms. The van der Waals surface area contributed by atoms with Crippen molar-refractivity contribution in [3.8, 4) is 39.9 Å². The van der Waals surface area contributed by atoms with Gasteiger partial charge in [-0.1, -0.05) is 24.6 Å². The molecule has 1 aliphatic heterocycles. The maximum absolute atomic E-state index is 10.0. The van der Waals surface area contributed by atoms with E-state index in [1.165, 1.54) is 12.8 Å². The molecule has 2 atom stereocenters. The van der Waals surface area contributed by atoms with E-state index in [-0.39, 0.29) is 17.6 Å². The van der Waals surface area contributed by atoms with Crippen LogP contribution in [0.4, 0.5) is 0 Å². The molecule has 1 aliphatic rings. The summed E-state index contributed by atoms with van der Waals surface area (Å²) in [4.78, 5) is 0. The second-order valence-corrected chi connectivity index (χ2v) is 8.85. The van der Waals surface area contributed by atoms with Crippen molar-refractivity contribution in [2.24, 2.45) is 0 Å². The SMILES string of the molecule is CC(Oc1ccc(Oc2c(-c3cccc(O)c3)ccc3cc(O)ccc23)cc1)C1CCCCN1. The maximum atomic E-state index is 10.0. The van der Waals surface area contributed by atoms with Gasteiger partial charge < -0.3 is 25.0 Å². The van der Waals surface area contributed by atoms with Gasteiger partial charge in [0.2, 0.25) is 0 Å². The Hall–Kier alpha value is -3.70. The molecular weight excluding hydrogens is 426 g/mol. The fraction of sp³-hybridized carbons (Fsp3) is 0.241. The number of hydrogen-bond donors (Lipinski definition) is 3. The lowest BCUT2D eigenvalue weighted by molar-refractivity contribution is 0.152. The first kappa shape index (κ1) is 22.1. The van der Waals surface area contributed by atoms with Crippen LogP contribution < -0.4 is 14.8 Å². The van der Waals surface area contributed by atoms with E-state index < -0.39 is 0 Å². The average Bonchev–Trinajstić information content (AvgIpc) is 2.85. The number of phenolic OH excluding ortho intramolecular Hbond substituents is 2. The molecule has 3 N–H and O–H groups in total. The zero-order valence-corrected chi connectivity index (χ0v) is 19.2. The number of rotatable bonds is 6. The van der Waals surface area contributed by atoms with E-state index in [0.29, 0.717) is 17.5 Å². The van der Waals surface area contributed by atoms with E-state index in [1.807, 2.05) is 54.6 Å². The summed E-state index contributed by atoms with van der Waals surface area (Å²) in [7, 11) is 0. The fourth-order valence-electron chi connectivity index (χ4n) is 4.58. The monoisotopic (exact) mass is 455 g/mol. The summed E-state index contributed by atoms with van der Waals surface area (Å²) in [5.74, 6) is 2.54. The Morgan fingerprint density at radius 1 is 0.853 bits per heavy atom. The lowest BCUT2D eigenvalue weighted by Gasteiger charge is -2.29. The number of ether oxygens (including phenoxy) is 2. The van der Waals surface area contributed by atoms with Crippen molar-refractivity contribution >= 4 is 10.8 Å². The van der Waals surface area contributed by atoms with Gasteiger partial charge in [0.25, 0.3) is 0 Å². The molecule has 2 unspecified atom stereocenters. The minimum absolute atomic E-state index is 0.0928. The van der Waals surface area contributed by atoms with Gasteiger partial charge in [-0.15, -0.1) is 0 Å². The lowest BCUT2D eigenvalue weighted by Crippen LogP contribution is -2.44. The van der Waals surface area contributed by atoms with Crippen molar-refractivity contribution in [2.75, 3.05) is 6.54 Å². The van der Waals surface area contributed by atoms with Gasteiger partial charge in [-0.2, -0.15) is 0 Å². The first-order valence-corrected chi connectivity index (χ1v) is 11.8. The molecule has 0 bridgehead atoms. The van der Waals surface area contributed by atoms with Gasteiger partial charge >= 0.3 is 0 Å². The van der Waals surface area contributed by atoms with E-state index in [9.17, 15) is 10.2 Å². The summed E-state index contributed by atoms with van der Waals surface area (Å²) in [5.41, 5.74) is 1.70. The van der Waals surface area contributed by atoms with Crippen LogP contribution in [0.3, 0.4) is 0 Å². The zero-order chi connectivity index (χ0) is 23.5. The molecule has 5 heteroatoms. The number of nitrogens with one attached hydrogen (secondary N) is 1. The predicted octanol–water partition coefficient (Wildman–Crippen LogP) is 6.62. The Bertz CT molecular complexity index is 1280. The van der Waals surface area contributed by atoms with Crippen LogP contribution in [0.25, 0.3) is 21.9 Å². The molecule has 4 aromatic rings. The highest BCUT2D eigenvalue weighted by molar-refractivity contribution is 5.96. The lowest BCUT2D eigenvalue weighted by atomic mass is 9.99. The van der Waals surface area contributed by atoms with Crippen molar-refractivity contribution in [3.63, 3.8) is 0 Å². The summed E-state index contributed by atoms with van der Waals surface area (Å²) in [6.45, 7) is 3.16. The highest BCUT2D eigenvalue weighted by Gasteiger charge is 2.21. The van der Waals surface area contributed by atoms with Gasteiger partial charge in [0.1, 0.15) is 34.9 Å². The number of fused-ring (bicyclic) bond motifs is 1. The highest BCUT2D eigenvalue weighted by atomic mass is 16.5. The second kappa shape index (κ2) is 9.65. The molecule has 1 fully saturated rings. The quantitative estimate of drug-likeness (QED) is 0.305. The van der Waals surface area contributed by atoms with Crippen LogP contribution in [0.1, 0.15) is 26.2 Å². The van der Waals surface area contributed by atoms with Gasteiger partial charge in [-0.25, -0.2) is 0 Å². The van der Waals surface area contributed by atoms with Crippen LogP contribution >= 0.6 is 0 Å². The highest BCUT2D eigenvalue weighted by Crippen LogP contribution is 2.41. The second-order valence-electron chi connectivity index (χ2n) is 8.85. The fourth-order valence-corrected chi connectivity index (χ4v) is 4.58. The van der Waals surface area contributed by atoms with Crippen molar-refractivity contribution in [2.45, 2.75) is 38.3 Å². The van der Waals surface area contributed by atoms with Crippen LogP contribution in [-0.2, 0) is 0 Å². The van der Waals surface area contributed by atoms with Crippen LogP contribution in [0.2, 0.25) is 0 Å². The minimum atomic E-state index is 0.0928. The molecule has 174 valence electrons. The minimum Gasteiger partial charge on any atom is -0.508 e. The van der Waals surface area contributed by atoms with Crippen molar-refractivity contribution in [1.29, 1.82) is 0 Å². The topological polar surface area (TPSA) is 71.0 Å². The van der Waals surface area contributed by atoms with Crippen LogP contribution in [0.5, 0.6) is 28.7 Å².